The third kappa shape index (κ3) is 5.41. The highest BCUT2D eigenvalue weighted by Crippen LogP contribution is 2.24. The molecule has 0 saturated carbocycles. The monoisotopic (exact) mass is 376 g/mol. The third-order valence-electron chi connectivity index (χ3n) is 2.94. The van der Waals surface area contributed by atoms with E-state index in [-0.39, 0.29) is 12.5 Å². The topological polar surface area (TPSA) is 59.9 Å². The number of benzene rings is 2. The van der Waals surface area contributed by atoms with Gasteiger partial charge in [0.15, 0.2) is 6.61 Å². The fourth-order valence-corrected chi connectivity index (χ4v) is 2.39. The fraction of sp³-hybridized carbons (Fsp3) is 0.176. The molecular weight excluding hydrogens is 360 g/mol. The number of hydrazone groups is 1. The maximum atomic E-state index is 11.7. The highest BCUT2D eigenvalue weighted by molar-refractivity contribution is 9.10. The van der Waals surface area contributed by atoms with Crippen molar-refractivity contribution in [3.8, 4) is 11.5 Å². The van der Waals surface area contributed by atoms with Gasteiger partial charge in [0.05, 0.1) is 17.8 Å². The Hall–Kier alpha value is -2.34. The first-order chi connectivity index (χ1) is 11.1. The summed E-state index contributed by atoms with van der Waals surface area (Å²) in [5.41, 5.74) is 4.33. The molecule has 0 aliphatic carbocycles. The van der Waals surface area contributed by atoms with Crippen molar-refractivity contribution in [3.63, 3.8) is 0 Å². The van der Waals surface area contributed by atoms with E-state index >= 15 is 0 Å². The lowest BCUT2D eigenvalue weighted by molar-refractivity contribution is -0.123. The van der Waals surface area contributed by atoms with Crippen LogP contribution in [0, 0.1) is 6.92 Å². The van der Waals surface area contributed by atoms with Crippen LogP contribution in [0.1, 0.15) is 11.1 Å². The van der Waals surface area contributed by atoms with Gasteiger partial charge < -0.3 is 9.47 Å². The Morgan fingerprint density at radius 1 is 1.30 bits per heavy atom. The molecule has 120 valence electrons. The smallest absolute Gasteiger partial charge is 0.277 e. The molecule has 0 spiro atoms. The van der Waals surface area contributed by atoms with E-state index in [0.29, 0.717) is 5.75 Å². The zero-order valence-electron chi connectivity index (χ0n) is 12.9. The number of hydrogen-bond donors (Lipinski definition) is 1. The number of nitrogens with one attached hydrogen (secondary N) is 1. The van der Waals surface area contributed by atoms with Gasteiger partial charge in [-0.1, -0.05) is 12.1 Å². The largest absolute Gasteiger partial charge is 0.496 e. The molecular formula is C17H17BrN2O3. The number of amides is 1. The van der Waals surface area contributed by atoms with Crippen LogP contribution >= 0.6 is 15.9 Å². The first-order valence-electron chi connectivity index (χ1n) is 6.93. The lowest BCUT2D eigenvalue weighted by Crippen LogP contribution is -2.24. The number of carbonyl (C=O) groups excluding carboxylic acids is 1. The number of hydrogen-bond acceptors (Lipinski definition) is 4. The molecule has 0 aliphatic rings. The van der Waals surface area contributed by atoms with E-state index in [1.807, 2.05) is 43.3 Å². The molecule has 1 N–H and O–H groups in total. The van der Waals surface area contributed by atoms with Crippen LogP contribution in [0.5, 0.6) is 11.5 Å². The predicted octanol–water partition coefficient (Wildman–Crippen LogP) is 3.30. The van der Waals surface area contributed by atoms with E-state index < -0.39 is 0 Å². The van der Waals surface area contributed by atoms with Crippen LogP contribution < -0.4 is 14.9 Å². The predicted molar refractivity (Wildman–Crippen MR) is 93.1 cm³/mol. The molecule has 0 atom stereocenters. The molecule has 0 unspecified atom stereocenters. The van der Waals surface area contributed by atoms with Crippen molar-refractivity contribution in [3.05, 3.63) is 58.1 Å². The van der Waals surface area contributed by atoms with Crippen molar-refractivity contribution in [1.29, 1.82) is 0 Å². The van der Waals surface area contributed by atoms with Gasteiger partial charge in [0.2, 0.25) is 0 Å². The van der Waals surface area contributed by atoms with Crippen LogP contribution in [-0.2, 0) is 4.79 Å². The molecule has 0 aromatic heterocycles. The summed E-state index contributed by atoms with van der Waals surface area (Å²) < 4.78 is 11.4. The quantitative estimate of drug-likeness (QED) is 0.621. The maximum Gasteiger partial charge on any atom is 0.277 e. The number of aryl methyl sites for hydroxylation is 1. The molecule has 0 fully saturated rings. The van der Waals surface area contributed by atoms with Gasteiger partial charge in [-0.3, -0.25) is 4.79 Å². The Labute approximate surface area is 143 Å². The zero-order valence-corrected chi connectivity index (χ0v) is 14.5. The van der Waals surface area contributed by atoms with Crippen LogP contribution in [0.4, 0.5) is 0 Å². The maximum absolute atomic E-state index is 11.7. The van der Waals surface area contributed by atoms with Crippen LogP contribution in [-0.4, -0.2) is 25.8 Å². The average Bonchev–Trinajstić information content (AvgIpc) is 2.53. The number of nitrogens with zero attached hydrogens (tertiary/aromatic N) is 1. The fourth-order valence-electron chi connectivity index (χ4n) is 1.83. The minimum absolute atomic E-state index is 0.0902. The number of ether oxygens (including phenoxy) is 2. The van der Waals surface area contributed by atoms with E-state index in [4.69, 9.17) is 9.47 Å². The van der Waals surface area contributed by atoms with Crippen molar-refractivity contribution in [2.45, 2.75) is 6.92 Å². The summed E-state index contributed by atoms with van der Waals surface area (Å²) in [4.78, 5) is 11.7. The first kappa shape index (κ1) is 17.0. The summed E-state index contributed by atoms with van der Waals surface area (Å²) in [5, 5.41) is 3.90. The van der Waals surface area contributed by atoms with Crippen LogP contribution in [0.25, 0.3) is 0 Å². The standard InChI is InChI=1S/C17H17BrN2O3/c1-12-4-3-5-14(8-12)23-11-17(21)20-19-10-13-6-7-16(22-2)15(18)9-13/h3-10H,11H2,1-2H3,(H,20,21). The van der Waals surface area contributed by atoms with E-state index in [9.17, 15) is 4.79 Å². The van der Waals surface area contributed by atoms with Gasteiger partial charge >= 0.3 is 0 Å². The van der Waals surface area contributed by atoms with Gasteiger partial charge in [0.25, 0.3) is 5.91 Å². The molecule has 2 rings (SSSR count). The van der Waals surface area contributed by atoms with Crippen LogP contribution in [0.2, 0.25) is 0 Å². The Balaban J connectivity index is 1.83. The first-order valence-corrected chi connectivity index (χ1v) is 7.72. The van der Waals surface area contributed by atoms with Gasteiger partial charge in [-0.25, -0.2) is 5.43 Å². The minimum atomic E-state index is -0.324. The molecule has 0 saturated heterocycles. The summed E-state index contributed by atoms with van der Waals surface area (Å²) in [7, 11) is 1.60. The molecule has 0 heterocycles. The summed E-state index contributed by atoms with van der Waals surface area (Å²) in [6.07, 6.45) is 1.55. The van der Waals surface area contributed by atoms with Gasteiger partial charge in [-0.2, -0.15) is 5.10 Å². The van der Waals surface area contributed by atoms with Crippen molar-refractivity contribution >= 4 is 28.1 Å². The zero-order chi connectivity index (χ0) is 16.7. The molecule has 23 heavy (non-hydrogen) atoms. The Bertz CT molecular complexity index is 717. The van der Waals surface area contributed by atoms with Crippen molar-refractivity contribution < 1.29 is 14.3 Å². The summed E-state index contributed by atoms with van der Waals surface area (Å²) in [6.45, 7) is 1.87. The second kappa shape index (κ2) is 8.33. The molecule has 0 aliphatic heterocycles. The average molecular weight is 377 g/mol. The van der Waals surface area contributed by atoms with E-state index in [1.165, 1.54) is 0 Å². The lowest BCUT2D eigenvalue weighted by atomic mass is 10.2. The highest BCUT2D eigenvalue weighted by atomic mass is 79.9. The number of halogens is 1. The summed E-state index contributed by atoms with van der Waals surface area (Å²) in [6, 6.07) is 13.0. The molecule has 2 aromatic carbocycles. The molecule has 2 aromatic rings. The van der Waals surface area contributed by atoms with Crippen LogP contribution in [0.15, 0.2) is 52.0 Å². The third-order valence-corrected chi connectivity index (χ3v) is 3.56. The van der Waals surface area contributed by atoms with Crippen molar-refractivity contribution in [2.75, 3.05) is 13.7 Å². The Morgan fingerprint density at radius 2 is 2.13 bits per heavy atom. The SMILES string of the molecule is COc1ccc(C=NNC(=O)COc2cccc(C)c2)cc1Br. The van der Waals surface area contributed by atoms with Gasteiger partial charge in [-0.15, -0.1) is 0 Å². The normalized spacial score (nSPS) is 10.6. The van der Waals surface area contributed by atoms with Crippen molar-refractivity contribution in [2.24, 2.45) is 5.10 Å². The van der Waals surface area contributed by atoms with Crippen molar-refractivity contribution in [1.82, 2.24) is 5.43 Å². The minimum Gasteiger partial charge on any atom is -0.496 e. The Kier molecular flexibility index (Phi) is 6.17. The second-order valence-corrected chi connectivity index (χ2v) is 5.65. The molecule has 5 nitrogen and oxygen atoms in total. The van der Waals surface area contributed by atoms with E-state index in [1.54, 1.807) is 19.4 Å². The van der Waals surface area contributed by atoms with E-state index in [2.05, 4.69) is 26.5 Å². The second-order valence-electron chi connectivity index (χ2n) is 4.79. The van der Waals surface area contributed by atoms with Gasteiger partial charge in [-0.05, 0) is 64.3 Å². The van der Waals surface area contributed by atoms with E-state index in [0.717, 1.165) is 21.3 Å². The number of carbonyl (C=O) groups is 1. The number of rotatable bonds is 6. The van der Waals surface area contributed by atoms with Gasteiger partial charge in [0, 0.05) is 0 Å². The molecule has 6 heteroatoms. The summed E-state index contributed by atoms with van der Waals surface area (Å²) >= 11 is 3.39. The molecule has 1 amide bonds. The highest BCUT2D eigenvalue weighted by Gasteiger charge is 2.02. The van der Waals surface area contributed by atoms with Crippen LogP contribution in [0.3, 0.4) is 0 Å². The van der Waals surface area contributed by atoms with Gasteiger partial charge in [0.1, 0.15) is 11.5 Å². The molecule has 0 bridgehead atoms. The number of methoxy groups -OCH3 is 1. The molecule has 0 radical (unpaired) electrons. The Morgan fingerprint density at radius 3 is 2.83 bits per heavy atom. The lowest BCUT2D eigenvalue weighted by Gasteiger charge is -2.05. The summed E-state index contributed by atoms with van der Waals surface area (Å²) in [5.74, 6) is 1.07.